The fourth-order valence-corrected chi connectivity index (χ4v) is 2.84. The number of piperidine rings is 1. The monoisotopic (exact) mass is 302 g/mol. The molecule has 1 fully saturated rings. The summed E-state index contributed by atoms with van der Waals surface area (Å²) in [6.07, 6.45) is 0.853. The molecule has 0 radical (unpaired) electrons. The molecule has 1 amide bonds. The quantitative estimate of drug-likeness (QED) is 0.857. The normalized spacial score (nSPS) is 20.4. The predicted molar refractivity (Wildman–Crippen MR) is 70.7 cm³/mol. The molecule has 20 heavy (non-hydrogen) atoms. The lowest BCUT2D eigenvalue weighted by Crippen LogP contribution is -2.42. The Morgan fingerprint density at radius 2 is 2.15 bits per heavy atom. The van der Waals surface area contributed by atoms with E-state index in [9.17, 15) is 18.3 Å². The van der Waals surface area contributed by atoms with Gasteiger partial charge in [-0.3, -0.25) is 4.79 Å². The number of aliphatic hydroxyl groups is 1. The van der Waals surface area contributed by atoms with Gasteiger partial charge in [-0.2, -0.15) is 0 Å². The molecule has 8 heteroatoms. The Bertz CT molecular complexity index is 593. The van der Waals surface area contributed by atoms with Crippen molar-refractivity contribution in [3.63, 3.8) is 0 Å². The predicted octanol–water partition coefficient (Wildman–Crippen LogP) is 0.127. The highest BCUT2D eigenvalue weighted by Gasteiger charge is 2.28. The minimum atomic E-state index is -3.68. The molecule has 2 heterocycles. The van der Waals surface area contributed by atoms with E-state index in [-0.39, 0.29) is 17.4 Å². The molecule has 2 rings (SSSR count). The summed E-state index contributed by atoms with van der Waals surface area (Å²) in [6, 6.07) is 2.61. The lowest BCUT2D eigenvalue weighted by atomic mass is 10.1. The summed E-state index contributed by atoms with van der Waals surface area (Å²) in [5, 5.41) is 9.29. The van der Waals surface area contributed by atoms with Gasteiger partial charge in [0.2, 0.25) is 5.09 Å². The standard InChI is InChI=1S/C12H18N2O5S/c1-13(2)20(17,18)11-6-5-10(19-11)12(16)14-7-3-4-9(15)8-14/h5-6,9,15H,3-4,7-8H2,1-2H3/t9-/m0/s1. The molecule has 1 aliphatic heterocycles. The molecule has 112 valence electrons. The maximum Gasteiger partial charge on any atom is 0.289 e. The number of β-amino-alcohol motifs (C(OH)–C–C–N with tert-alkyl or cyclic N) is 1. The molecule has 0 aliphatic carbocycles. The summed E-state index contributed by atoms with van der Waals surface area (Å²) in [5.41, 5.74) is 0. The first-order valence-electron chi connectivity index (χ1n) is 6.32. The van der Waals surface area contributed by atoms with E-state index in [1.807, 2.05) is 0 Å². The Morgan fingerprint density at radius 1 is 1.45 bits per heavy atom. The van der Waals surface area contributed by atoms with E-state index >= 15 is 0 Å². The topological polar surface area (TPSA) is 91.1 Å². The highest BCUT2D eigenvalue weighted by Crippen LogP contribution is 2.20. The zero-order valence-corrected chi connectivity index (χ0v) is 12.3. The van der Waals surface area contributed by atoms with Crippen LogP contribution in [0.3, 0.4) is 0 Å². The Morgan fingerprint density at radius 3 is 2.75 bits per heavy atom. The van der Waals surface area contributed by atoms with Gasteiger partial charge < -0.3 is 14.4 Å². The fraction of sp³-hybridized carbons (Fsp3) is 0.583. The van der Waals surface area contributed by atoms with Gasteiger partial charge in [0.1, 0.15) is 0 Å². The van der Waals surface area contributed by atoms with Gasteiger partial charge >= 0.3 is 0 Å². The maximum absolute atomic E-state index is 12.2. The fourth-order valence-electron chi connectivity index (χ4n) is 2.05. The highest BCUT2D eigenvalue weighted by atomic mass is 32.2. The van der Waals surface area contributed by atoms with E-state index in [4.69, 9.17) is 4.42 Å². The molecule has 0 spiro atoms. The number of likely N-dealkylation sites (tertiary alicyclic amines) is 1. The van der Waals surface area contributed by atoms with Gasteiger partial charge in [-0.1, -0.05) is 0 Å². The molecule has 1 atom stereocenters. The molecule has 0 bridgehead atoms. The molecule has 1 N–H and O–H groups in total. The molecule has 1 aliphatic rings. The minimum absolute atomic E-state index is 0.0282. The van der Waals surface area contributed by atoms with Crippen LogP contribution in [0.2, 0.25) is 0 Å². The van der Waals surface area contributed by atoms with Crippen molar-refractivity contribution in [2.24, 2.45) is 0 Å². The second-order valence-electron chi connectivity index (χ2n) is 4.95. The van der Waals surface area contributed by atoms with E-state index < -0.39 is 22.0 Å². The summed E-state index contributed by atoms with van der Waals surface area (Å²) in [7, 11) is -0.906. The molecular formula is C12H18N2O5S. The maximum atomic E-state index is 12.2. The number of sulfonamides is 1. The summed E-state index contributed by atoms with van der Waals surface area (Å²) in [5.74, 6) is -0.427. The Balaban J connectivity index is 2.19. The summed E-state index contributed by atoms with van der Waals surface area (Å²) in [4.78, 5) is 13.6. The molecular weight excluding hydrogens is 284 g/mol. The smallest absolute Gasteiger partial charge is 0.289 e. The molecule has 1 aromatic rings. The number of carbonyl (C=O) groups is 1. The van der Waals surface area contributed by atoms with Crippen molar-refractivity contribution >= 4 is 15.9 Å². The zero-order valence-electron chi connectivity index (χ0n) is 11.4. The van der Waals surface area contributed by atoms with Gasteiger partial charge in [0.05, 0.1) is 6.10 Å². The lowest BCUT2D eigenvalue weighted by molar-refractivity contribution is 0.0444. The van der Waals surface area contributed by atoms with Crippen LogP contribution in [-0.2, 0) is 10.0 Å². The van der Waals surface area contributed by atoms with Crippen molar-refractivity contribution in [3.05, 3.63) is 17.9 Å². The van der Waals surface area contributed by atoms with Gasteiger partial charge in [0.15, 0.2) is 5.76 Å². The average Bonchev–Trinajstić information content (AvgIpc) is 2.87. The third-order valence-electron chi connectivity index (χ3n) is 3.21. The van der Waals surface area contributed by atoms with Crippen LogP contribution in [-0.4, -0.2) is 61.9 Å². The van der Waals surface area contributed by atoms with E-state index in [1.54, 1.807) is 0 Å². The second-order valence-corrected chi connectivity index (χ2v) is 7.04. The minimum Gasteiger partial charge on any atom is -0.438 e. The molecule has 1 aromatic heterocycles. The third-order valence-corrected chi connectivity index (χ3v) is 4.90. The van der Waals surface area contributed by atoms with Gasteiger partial charge in [-0.05, 0) is 25.0 Å². The molecule has 1 saturated heterocycles. The number of aliphatic hydroxyl groups excluding tert-OH is 1. The van der Waals surface area contributed by atoms with Crippen LogP contribution in [0.5, 0.6) is 0 Å². The van der Waals surface area contributed by atoms with Crippen molar-refractivity contribution in [3.8, 4) is 0 Å². The van der Waals surface area contributed by atoms with Crippen molar-refractivity contribution in [2.45, 2.75) is 24.0 Å². The summed E-state index contributed by atoms with van der Waals surface area (Å²) >= 11 is 0. The number of rotatable bonds is 3. The largest absolute Gasteiger partial charge is 0.438 e. The molecule has 0 saturated carbocycles. The number of amides is 1. The third kappa shape index (κ3) is 2.87. The Labute approximate surface area is 117 Å². The number of carbonyl (C=O) groups excluding carboxylic acids is 1. The highest BCUT2D eigenvalue weighted by molar-refractivity contribution is 7.88. The number of hydrogen-bond donors (Lipinski definition) is 1. The van der Waals surface area contributed by atoms with Gasteiger partial charge in [-0.15, -0.1) is 0 Å². The SMILES string of the molecule is CN(C)S(=O)(=O)c1ccc(C(=O)N2CCC[C@H](O)C2)o1. The number of nitrogens with zero attached hydrogens (tertiary/aromatic N) is 2. The second kappa shape index (κ2) is 5.55. The first kappa shape index (κ1) is 15.0. The summed E-state index contributed by atoms with van der Waals surface area (Å²) in [6.45, 7) is 0.779. The van der Waals surface area contributed by atoms with Crippen molar-refractivity contribution in [2.75, 3.05) is 27.2 Å². The van der Waals surface area contributed by atoms with Crippen LogP contribution in [0, 0.1) is 0 Å². The van der Waals surface area contributed by atoms with Gasteiger partial charge in [0, 0.05) is 27.2 Å². The van der Waals surface area contributed by atoms with Crippen LogP contribution in [0.1, 0.15) is 23.4 Å². The first-order valence-corrected chi connectivity index (χ1v) is 7.76. The van der Waals surface area contributed by atoms with E-state index in [1.165, 1.54) is 31.1 Å². The molecule has 7 nitrogen and oxygen atoms in total. The van der Waals surface area contributed by atoms with E-state index in [0.717, 1.165) is 10.7 Å². The van der Waals surface area contributed by atoms with Crippen LogP contribution in [0.15, 0.2) is 21.6 Å². The van der Waals surface area contributed by atoms with Crippen LogP contribution >= 0.6 is 0 Å². The van der Waals surface area contributed by atoms with Crippen molar-refractivity contribution in [1.82, 2.24) is 9.21 Å². The number of hydrogen-bond acceptors (Lipinski definition) is 5. The lowest BCUT2D eigenvalue weighted by Gasteiger charge is -2.29. The van der Waals surface area contributed by atoms with Crippen LogP contribution in [0.25, 0.3) is 0 Å². The zero-order chi connectivity index (χ0) is 14.9. The Hall–Kier alpha value is -1.38. The first-order chi connectivity index (χ1) is 9.32. The van der Waals surface area contributed by atoms with Crippen LogP contribution in [0.4, 0.5) is 0 Å². The number of furan rings is 1. The van der Waals surface area contributed by atoms with Crippen molar-refractivity contribution < 1.29 is 22.7 Å². The van der Waals surface area contributed by atoms with Crippen molar-refractivity contribution in [1.29, 1.82) is 0 Å². The van der Waals surface area contributed by atoms with Gasteiger partial charge in [-0.25, -0.2) is 12.7 Å². The van der Waals surface area contributed by atoms with E-state index in [0.29, 0.717) is 13.0 Å². The summed E-state index contributed by atoms with van der Waals surface area (Å²) < 4.78 is 29.9. The molecule has 0 aromatic carbocycles. The van der Waals surface area contributed by atoms with E-state index in [2.05, 4.69) is 0 Å². The van der Waals surface area contributed by atoms with Gasteiger partial charge in [0.25, 0.3) is 15.9 Å². The van der Waals surface area contributed by atoms with Crippen LogP contribution < -0.4 is 0 Å². The molecule has 0 unspecified atom stereocenters. The Kier molecular flexibility index (Phi) is 4.17. The average molecular weight is 302 g/mol.